The zero-order chi connectivity index (χ0) is 14.5. The van der Waals surface area contributed by atoms with Crippen molar-refractivity contribution in [3.63, 3.8) is 0 Å². The van der Waals surface area contributed by atoms with Crippen LogP contribution in [0.25, 0.3) is 0 Å². The Morgan fingerprint density at radius 2 is 2.25 bits per heavy atom. The van der Waals surface area contributed by atoms with E-state index in [0.29, 0.717) is 6.04 Å². The predicted octanol–water partition coefficient (Wildman–Crippen LogP) is 3.71. The Labute approximate surface area is 133 Å². The molecule has 0 aliphatic rings. The second kappa shape index (κ2) is 7.38. The van der Waals surface area contributed by atoms with Gasteiger partial charge in [-0.3, -0.25) is 4.68 Å². The van der Waals surface area contributed by atoms with E-state index in [0.717, 1.165) is 36.0 Å². The van der Waals surface area contributed by atoms with Crippen molar-refractivity contribution in [1.29, 1.82) is 0 Å². The topological polar surface area (TPSA) is 29.9 Å². The molecule has 5 heteroatoms. The van der Waals surface area contributed by atoms with Gasteiger partial charge in [0, 0.05) is 24.4 Å². The highest BCUT2D eigenvalue weighted by Crippen LogP contribution is 2.23. The number of hydrogen-bond donors (Lipinski definition) is 1. The largest absolute Gasteiger partial charge is 0.313 e. The molecule has 0 radical (unpaired) electrons. The third kappa shape index (κ3) is 3.93. The summed E-state index contributed by atoms with van der Waals surface area (Å²) in [6.07, 6.45) is 3.23. The van der Waals surface area contributed by atoms with Gasteiger partial charge in [0.2, 0.25) is 0 Å². The van der Waals surface area contributed by atoms with Crippen molar-refractivity contribution < 1.29 is 0 Å². The summed E-state index contributed by atoms with van der Waals surface area (Å²) in [7, 11) is 2.02. The third-order valence-electron chi connectivity index (χ3n) is 3.41. The van der Waals surface area contributed by atoms with Gasteiger partial charge in [-0.1, -0.05) is 13.0 Å². The fourth-order valence-corrected chi connectivity index (χ4v) is 3.66. The minimum Gasteiger partial charge on any atom is -0.313 e. The Morgan fingerprint density at radius 3 is 2.80 bits per heavy atom. The van der Waals surface area contributed by atoms with Gasteiger partial charge < -0.3 is 5.32 Å². The smallest absolute Gasteiger partial charge is 0.0738 e. The second-order valence-electron chi connectivity index (χ2n) is 5.11. The molecule has 2 aromatic heterocycles. The average molecular weight is 356 g/mol. The summed E-state index contributed by atoms with van der Waals surface area (Å²) in [6, 6.07) is 4.80. The molecule has 2 heterocycles. The first-order chi connectivity index (χ1) is 9.61. The van der Waals surface area contributed by atoms with E-state index in [9.17, 15) is 0 Å². The van der Waals surface area contributed by atoms with Crippen molar-refractivity contribution >= 4 is 27.3 Å². The summed E-state index contributed by atoms with van der Waals surface area (Å²) in [6.45, 7) is 5.31. The van der Waals surface area contributed by atoms with Gasteiger partial charge >= 0.3 is 0 Å². The highest BCUT2D eigenvalue weighted by Gasteiger charge is 2.17. The van der Waals surface area contributed by atoms with Crippen LogP contribution in [0, 0.1) is 6.92 Å². The maximum absolute atomic E-state index is 4.49. The first-order valence-corrected chi connectivity index (χ1v) is 8.72. The molecule has 2 aromatic rings. The summed E-state index contributed by atoms with van der Waals surface area (Å²) in [4.78, 5) is 1.44. The van der Waals surface area contributed by atoms with Gasteiger partial charge in [-0.05, 0) is 53.7 Å². The van der Waals surface area contributed by atoms with Gasteiger partial charge in [-0.25, -0.2) is 0 Å². The molecule has 3 nitrogen and oxygen atoms in total. The third-order valence-corrected chi connectivity index (χ3v) is 5.34. The summed E-state index contributed by atoms with van der Waals surface area (Å²) >= 11 is 5.50. The van der Waals surface area contributed by atoms with Gasteiger partial charge in [-0.15, -0.1) is 11.3 Å². The number of aromatic nitrogens is 2. The molecule has 0 saturated carbocycles. The number of halogens is 1. The molecular formula is C15H22BrN3S. The number of aryl methyl sites for hydroxylation is 2. The predicted molar refractivity (Wildman–Crippen MR) is 89.5 cm³/mol. The lowest BCUT2D eigenvalue weighted by atomic mass is 10.1. The van der Waals surface area contributed by atoms with Crippen molar-refractivity contribution in [1.82, 2.24) is 15.1 Å². The van der Waals surface area contributed by atoms with Gasteiger partial charge in [0.15, 0.2) is 0 Å². The Hall–Kier alpha value is -0.650. The van der Waals surface area contributed by atoms with Crippen LogP contribution in [0.3, 0.4) is 0 Å². The van der Waals surface area contributed by atoms with E-state index in [4.69, 9.17) is 0 Å². The van der Waals surface area contributed by atoms with Crippen LogP contribution in [-0.2, 0) is 19.9 Å². The Bertz CT molecular complexity index is 534. The second-order valence-corrected chi connectivity index (χ2v) is 6.93. The maximum atomic E-state index is 4.49. The lowest BCUT2D eigenvalue weighted by Gasteiger charge is -2.18. The van der Waals surface area contributed by atoms with E-state index in [2.05, 4.69) is 50.8 Å². The van der Waals surface area contributed by atoms with Crippen molar-refractivity contribution in [2.45, 2.75) is 39.2 Å². The van der Waals surface area contributed by atoms with Crippen LogP contribution in [0.15, 0.2) is 22.0 Å². The molecule has 0 amide bonds. The number of rotatable bonds is 7. The van der Waals surface area contributed by atoms with E-state index < -0.39 is 0 Å². The quantitative estimate of drug-likeness (QED) is 0.820. The molecule has 1 N–H and O–H groups in total. The molecule has 0 aromatic carbocycles. The van der Waals surface area contributed by atoms with Crippen LogP contribution in [-0.4, -0.2) is 22.4 Å². The molecule has 110 valence electrons. The molecule has 1 atom stereocenters. The van der Waals surface area contributed by atoms with Gasteiger partial charge in [0.05, 0.1) is 15.9 Å². The Morgan fingerprint density at radius 1 is 1.45 bits per heavy atom. The molecule has 0 spiro atoms. The monoisotopic (exact) mass is 355 g/mol. The van der Waals surface area contributed by atoms with Crippen LogP contribution in [0.4, 0.5) is 0 Å². The van der Waals surface area contributed by atoms with Crippen molar-refractivity contribution in [2.75, 3.05) is 6.54 Å². The van der Waals surface area contributed by atoms with E-state index in [1.807, 2.05) is 30.0 Å². The van der Waals surface area contributed by atoms with Gasteiger partial charge in [-0.2, -0.15) is 5.10 Å². The standard InChI is InChI=1S/C15H22BrN3S/c1-4-7-17-12(9-13-6-5-8-20-13)10-14-15(16)11(2)18-19(14)3/h5-6,8,12,17H,4,7,9-10H2,1-3H3. The molecule has 2 rings (SSSR count). The summed E-state index contributed by atoms with van der Waals surface area (Å²) < 4.78 is 3.14. The lowest BCUT2D eigenvalue weighted by Crippen LogP contribution is -2.34. The van der Waals surface area contributed by atoms with Crippen LogP contribution in [0.1, 0.15) is 29.6 Å². The van der Waals surface area contributed by atoms with E-state index in [-0.39, 0.29) is 0 Å². The fraction of sp³-hybridized carbons (Fsp3) is 0.533. The van der Waals surface area contributed by atoms with Crippen LogP contribution in [0.5, 0.6) is 0 Å². The lowest BCUT2D eigenvalue weighted by molar-refractivity contribution is 0.492. The molecule has 20 heavy (non-hydrogen) atoms. The first kappa shape index (κ1) is 15.7. The highest BCUT2D eigenvalue weighted by molar-refractivity contribution is 9.10. The first-order valence-electron chi connectivity index (χ1n) is 7.05. The van der Waals surface area contributed by atoms with Crippen molar-refractivity contribution in [2.24, 2.45) is 7.05 Å². The maximum Gasteiger partial charge on any atom is 0.0738 e. The molecule has 0 aliphatic carbocycles. The van der Waals surface area contributed by atoms with Gasteiger partial charge in [0.1, 0.15) is 0 Å². The zero-order valence-electron chi connectivity index (χ0n) is 12.3. The zero-order valence-corrected chi connectivity index (χ0v) is 14.7. The average Bonchev–Trinajstić information content (AvgIpc) is 3.00. The van der Waals surface area contributed by atoms with Crippen LogP contribution in [0.2, 0.25) is 0 Å². The summed E-state index contributed by atoms with van der Waals surface area (Å²) in [5.74, 6) is 0. The SMILES string of the molecule is CCCNC(Cc1cccs1)Cc1c(Br)c(C)nn1C. The fourth-order valence-electron chi connectivity index (χ4n) is 2.37. The molecule has 0 fully saturated rings. The van der Waals surface area contributed by atoms with Crippen LogP contribution >= 0.6 is 27.3 Å². The Balaban J connectivity index is 2.10. The Kier molecular flexibility index (Phi) is 5.81. The number of nitrogens with one attached hydrogen (secondary N) is 1. The van der Waals surface area contributed by atoms with E-state index in [1.54, 1.807) is 0 Å². The minimum absolute atomic E-state index is 0.458. The number of nitrogens with zero attached hydrogens (tertiary/aromatic N) is 2. The summed E-state index contributed by atoms with van der Waals surface area (Å²) in [5.41, 5.74) is 2.33. The van der Waals surface area contributed by atoms with Crippen LogP contribution < -0.4 is 5.32 Å². The van der Waals surface area contributed by atoms with Gasteiger partial charge in [0.25, 0.3) is 0 Å². The highest BCUT2D eigenvalue weighted by atomic mass is 79.9. The van der Waals surface area contributed by atoms with E-state index in [1.165, 1.54) is 10.6 Å². The summed E-state index contributed by atoms with van der Waals surface area (Å²) in [5, 5.41) is 10.3. The normalized spacial score (nSPS) is 12.8. The van der Waals surface area contributed by atoms with Crippen molar-refractivity contribution in [3.8, 4) is 0 Å². The molecule has 0 aliphatic heterocycles. The molecule has 0 bridgehead atoms. The molecule has 1 unspecified atom stereocenters. The minimum atomic E-state index is 0.458. The molecule has 0 saturated heterocycles. The van der Waals surface area contributed by atoms with E-state index >= 15 is 0 Å². The number of hydrogen-bond acceptors (Lipinski definition) is 3. The van der Waals surface area contributed by atoms with Crippen molar-refractivity contribution in [3.05, 3.63) is 38.3 Å². The molecular weight excluding hydrogens is 334 g/mol. The number of thiophene rings is 1.